The van der Waals surface area contributed by atoms with Gasteiger partial charge in [0.2, 0.25) is 0 Å². The van der Waals surface area contributed by atoms with E-state index >= 15 is 0 Å². The predicted molar refractivity (Wildman–Crippen MR) is 115 cm³/mol. The van der Waals surface area contributed by atoms with Crippen LogP contribution in [-0.2, 0) is 23.3 Å². The van der Waals surface area contributed by atoms with Gasteiger partial charge in [-0.3, -0.25) is 4.68 Å². The molecule has 0 N–H and O–H groups in total. The Labute approximate surface area is 177 Å². The van der Waals surface area contributed by atoms with Gasteiger partial charge < -0.3 is 9.64 Å². The maximum absolute atomic E-state index is 12.5. The molecule has 1 unspecified atom stereocenters. The van der Waals surface area contributed by atoms with Crippen molar-refractivity contribution >= 4 is 12.2 Å². The Balaban J connectivity index is 1.09. The summed E-state index contributed by atoms with van der Waals surface area (Å²) >= 11 is 0. The topological polar surface area (TPSA) is 47.4 Å². The second-order valence-corrected chi connectivity index (χ2v) is 9.93. The Morgan fingerprint density at radius 1 is 1.20 bits per heavy atom. The number of carbonyl (C=O) groups is 1. The first-order valence-corrected chi connectivity index (χ1v) is 11.3. The van der Waals surface area contributed by atoms with Crippen LogP contribution in [0.2, 0.25) is 0 Å². The minimum atomic E-state index is -0.195. The van der Waals surface area contributed by atoms with Crippen LogP contribution in [0.3, 0.4) is 0 Å². The van der Waals surface area contributed by atoms with Crippen LogP contribution in [0.15, 0.2) is 42.6 Å². The third-order valence-electron chi connectivity index (χ3n) is 8.45. The number of nitrogens with zero attached hydrogens (tertiary/aromatic N) is 3. The maximum Gasteiger partial charge on any atom is 0.410 e. The third-order valence-corrected chi connectivity index (χ3v) is 8.45. The Morgan fingerprint density at radius 3 is 2.63 bits per heavy atom. The minimum absolute atomic E-state index is 0.155. The fourth-order valence-corrected chi connectivity index (χ4v) is 6.10. The molecule has 1 aliphatic heterocycles. The van der Waals surface area contributed by atoms with E-state index in [0.717, 1.165) is 49.8 Å². The van der Waals surface area contributed by atoms with Gasteiger partial charge in [-0.1, -0.05) is 43.3 Å². The smallest absolute Gasteiger partial charge is 0.410 e. The fourth-order valence-electron chi connectivity index (χ4n) is 6.10. The molecule has 156 valence electrons. The van der Waals surface area contributed by atoms with Crippen LogP contribution in [-0.4, -0.2) is 33.9 Å². The van der Waals surface area contributed by atoms with Crippen molar-refractivity contribution in [3.8, 4) is 0 Å². The van der Waals surface area contributed by atoms with Crippen molar-refractivity contribution in [2.24, 2.45) is 17.3 Å². The SMILES string of the molecule is CC1C2CC1(n1ncc3c1C=CC1(CCN(C(=O)OCc4ccccc4)CC1)C3)C2. The van der Waals surface area contributed by atoms with Gasteiger partial charge in [0.15, 0.2) is 0 Å². The van der Waals surface area contributed by atoms with E-state index in [0.29, 0.717) is 12.1 Å². The van der Waals surface area contributed by atoms with Crippen molar-refractivity contribution in [1.82, 2.24) is 14.7 Å². The van der Waals surface area contributed by atoms with Gasteiger partial charge in [0.25, 0.3) is 0 Å². The molecular formula is C25H29N3O2. The zero-order valence-corrected chi connectivity index (χ0v) is 17.6. The molecule has 2 bridgehead atoms. The highest BCUT2D eigenvalue weighted by molar-refractivity contribution is 5.68. The standard InChI is InChI=1S/C25H29N3O2/c1-18-20-14-25(18,15-20)28-22-7-8-24(13-21(22)16-26-28)9-11-27(12-10-24)23(29)30-17-19-5-3-2-4-6-19/h2-8,16,18,20H,9-15,17H2,1H3. The minimum Gasteiger partial charge on any atom is -0.445 e. The Morgan fingerprint density at radius 2 is 1.97 bits per heavy atom. The van der Waals surface area contributed by atoms with E-state index in [4.69, 9.17) is 9.84 Å². The number of benzene rings is 1. The van der Waals surface area contributed by atoms with Crippen molar-refractivity contribution < 1.29 is 9.53 Å². The van der Waals surface area contributed by atoms with E-state index in [-0.39, 0.29) is 11.5 Å². The van der Waals surface area contributed by atoms with Crippen LogP contribution < -0.4 is 0 Å². The molecule has 2 heterocycles. The highest BCUT2D eigenvalue weighted by Crippen LogP contribution is 2.66. The first-order valence-electron chi connectivity index (χ1n) is 11.3. The number of piperidine rings is 1. The van der Waals surface area contributed by atoms with Gasteiger partial charge in [-0.05, 0) is 66.6 Å². The fraction of sp³-hybridized carbons (Fsp3) is 0.520. The predicted octanol–water partition coefficient (Wildman–Crippen LogP) is 4.63. The van der Waals surface area contributed by atoms with Crippen LogP contribution in [0.4, 0.5) is 4.79 Å². The molecule has 0 radical (unpaired) electrons. The molecule has 1 spiro atoms. The van der Waals surface area contributed by atoms with Gasteiger partial charge in [-0.2, -0.15) is 5.10 Å². The average Bonchev–Trinajstić information content (AvgIpc) is 3.14. The number of carbonyl (C=O) groups excluding carboxylic acids is 1. The van der Waals surface area contributed by atoms with Crippen molar-refractivity contribution in [1.29, 1.82) is 0 Å². The van der Waals surface area contributed by atoms with E-state index < -0.39 is 0 Å². The Kier molecular flexibility index (Phi) is 3.93. The lowest BCUT2D eigenvalue weighted by atomic mass is 9.43. The number of hydrogen-bond donors (Lipinski definition) is 0. The van der Waals surface area contributed by atoms with Crippen molar-refractivity contribution in [3.05, 3.63) is 59.4 Å². The molecule has 4 aliphatic carbocycles. The van der Waals surface area contributed by atoms with E-state index in [9.17, 15) is 4.79 Å². The Hall–Kier alpha value is -2.56. The van der Waals surface area contributed by atoms with Crippen LogP contribution >= 0.6 is 0 Å². The summed E-state index contributed by atoms with van der Waals surface area (Å²) in [6, 6.07) is 9.87. The van der Waals surface area contributed by atoms with Crippen LogP contribution in [0, 0.1) is 17.3 Å². The molecule has 5 aliphatic rings. The van der Waals surface area contributed by atoms with Crippen molar-refractivity contribution in [2.75, 3.05) is 13.1 Å². The molecule has 30 heavy (non-hydrogen) atoms. The lowest BCUT2D eigenvalue weighted by molar-refractivity contribution is -0.170. The van der Waals surface area contributed by atoms with Gasteiger partial charge in [0.05, 0.1) is 17.4 Å². The average molecular weight is 404 g/mol. The summed E-state index contributed by atoms with van der Waals surface area (Å²) in [6.07, 6.45) is 12.3. The van der Waals surface area contributed by atoms with Crippen LogP contribution in [0.25, 0.3) is 6.08 Å². The summed E-state index contributed by atoms with van der Waals surface area (Å²) in [5.74, 6) is 1.70. The molecule has 1 saturated heterocycles. The molecule has 4 fully saturated rings. The first kappa shape index (κ1) is 18.2. The molecule has 3 saturated carbocycles. The van der Waals surface area contributed by atoms with Gasteiger partial charge >= 0.3 is 6.09 Å². The monoisotopic (exact) mass is 403 g/mol. The summed E-state index contributed by atoms with van der Waals surface area (Å²) < 4.78 is 7.87. The highest BCUT2D eigenvalue weighted by Gasteiger charge is 2.65. The number of likely N-dealkylation sites (tertiary alicyclic amines) is 1. The quantitative estimate of drug-likeness (QED) is 0.751. The summed E-state index contributed by atoms with van der Waals surface area (Å²) in [5, 5.41) is 4.84. The van der Waals surface area contributed by atoms with Crippen LogP contribution in [0.1, 0.15) is 49.4 Å². The molecule has 1 amide bonds. The van der Waals surface area contributed by atoms with E-state index in [2.05, 4.69) is 30.0 Å². The van der Waals surface area contributed by atoms with Crippen LogP contribution in [0.5, 0.6) is 0 Å². The first-order chi connectivity index (χ1) is 14.6. The molecular weight excluding hydrogens is 374 g/mol. The zero-order chi connectivity index (χ0) is 20.3. The summed E-state index contributed by atoms with van der Waals surface area (Å²) in [5.41, 5.74) is 4.20. The number of allylic oxidation sites excluding steroid dienone is 1. The largest absolute Gasteiger partial charge is 0.445 e. The number of amides is 1. The third kappa shape index (κ3) is 2.60. The maximum atomic E-state index is 12.5. The number of aromatic nitrogens is 2. The highest BCUT2D eigenvalue weighted by atomic mass is 16.6. The zero-order valence-electron chi connectivity index (χ0n) is 17.6. The Bertz CT molecular complexity index is 995. The molecule has 5 nitrogen and oxygen atoms in total. The number of hydrogen-bond acceptors (Lipinski definition) is 3. The second kappa shape index (κ2) is 6.47. The lowest BCUT2D eigenvalue weighted by Crippen LogP contribution is -2.67. The molecule has 1 aromatic carbocycles. The molecule has 1 atom stereocenters. The number of rotatable bonds is 3. The van der Waals surface area contributed by atoms with E-state index in [1.165, 1.54) is 24.1 Å². The molecule has 1 aromatic heterocycles. The van der Waals surface area contributed by atoms with Gasteiger partial charge in [0, 0.05) is 13.1 Å². The van der Waals surface area contributed by atoms with Crippen molar-refractivity contribution in [3.63, 3.8) is 0 Å². The lowest BCUT2D eigenvalue weighted by Gasteiger charge is -2.67. The van der Waals surface area contributed by atoms with Crippen molar-refractivity contribution in [2.45, 2.75) is 51.2 Å². The van der Waals surface area contributed by atoms with Gasteiger partial charge in [-0.25, -0.2) is 4.79 Å². The molecule has 2 aromatic rings. The molecule has 5 heteroatoms. The summed E-state index contributed by atoms with van der Waals surface area (Å²) in [7, 11) is 0. The van der Waals surface area contributed by atoms with E-state index in [1.54, 1.807) is 0 Å². The normalized spacial score (nSPS) is 30.4. The molecule has 7 rings (SSSR count). The van der Waals surface area contributed by atoms with Gasteiger partial charge in [0.1, 0.15) is 6.61 Å². The van der Waals surface area contributed by atoms with E-state index in [1.807, 2.05) is 35.2 Å². The summed E-state index contributed by atoms with van der Waals surface area (Å²) in [6.45, 7) is 4.23. The number of ether oxygens (including phenoxy) is 1. The summed E-state index contributed by atoms with van der Waals surface area (Å²) in [4.78, 5) is 14.4. The van der Waals surface area contributed by atoms with Gasteiger partial charge in [-0.15, -0.1) is 0 Å². The number of fused-ring (bicyclic) bond motifs is 1. The second-order valence-electron chi connectivity index (χ2n) is 9.93.